The third kappa shape index (κ3) is 2.62. The Balaban J connectivity index is 1.74. The van der Waals surface area contributed by atoms with E-state index in [0.29, 0.717) is 12.1 Å². The second kappa shape index (κ2) is 6.30. The van der Waals surface area contributed by atoms with Crippen LogP contribution in [0.4, 0.5) is 0 Å². The number of rotatable bonds is 4. The minimum atomic E-state index is 0.524. The van der Waals surface area contributed by atoms with E-state index in [-0.39, 0.29) is 0 Å². The first-order chi connectivity index (χ1) is 13.2. The highest BCUT2D eigenvalue weighted by Crippen LogP contribution is 2.44. The van der Waals surface area contributed by atoms with Crippen molar-refractivity contribution in [2.75, 3.05) is 6.54 Å². The van der Waals surface area contributed by atoms with Gasteiger partial charge in [0.1, 0.15) is 6.07 Å². The second-order valence-corrected chi connectivity index (χ2v) is 8.52. The van der Waals surface area contributed by atoms with Gasteiger partial charge in [-0.3, -0.25) is 0 Å². The largest absolute Gasteiger partial charge is 0.363 e. The highest BCUT2D eigenvalue weighted by atomic mass is 15.2. The van der Waals surface area contributed by atoms with Crippen LogP contribution in [-0.4, -0.2) is 22.1 Å². The summed E-state index contributed by atoms with van der Waals surface area (Å²) in [6, 6.07) is 10.2. The van der Waals surface area contributed by atoms with Crippen LogP contribution >= 0.6 is 0 Å². The first-order valence-electron chi connectivity index (χ1n) is 10.4. The Labute approximate surface area is 161 Å². The van der Waals surface area contributed by atoms with Crippen LogP contribution in [-0.2, 0) is 0 Å². The molecular weight excluding hydrogens is 330 g/mol. The van der Waals surface area contributed by atoms with Gasteiger partial charge in [0.2, 0.25) is 0 Å². The Morgan fingerprint density at radius 3 is 2.67 bits per heavy atom. The average molecular weight is 358 g/mol. The molecule has 5 rings (SSSR count). The van der Waals surface area contributed by atoms with Crippen molar-refractivity contribution in [3.8, 4) is 6.07 Å². The van der Waals surface area contributed by atoms with Gasteiger partial charge in [-0.15, -0.1) is 0 Å². The topological polar surface area (TPSA) is 32.0 Å². The SMILES string of the molecule is Cc1ccc2c(C#N)c(C3=CC=CCN3[C@@H](C)C3CC3)n(C3CCC3)c2c1. The Kier molecular flexibility index (Phi) is 3.90. The number of hydrogen-bond donors (Lipinski definition) is 0. The van der Waals surface area contributed by atoms with E-state index >= 15 is 0 Å². The van der Waals surface area contributed by atoms with Gasteiger partial charge in [0.25, 0.3) is 0 Å². The molecule has 1 atom stereocenters. The molecule has 1 aliphatic heterocycles. The van der Waals surface area contributed by atoms with Crippen molar-refractivity contribution < 1.29 is 0 Å². The molecule has 2 aromatic rings. The van der Waals surface area contributed by atoms with Crippen LogP contribution in [0.25, 0.3) is 16.6 Å². The summed E-state index contributed by atoms with van der Waals surface area (Å²) in [5.74, 6) is 0.800. The molecule has 138 valence electrons. The molecule has 0 bridgehead atoms. The predicted molar refractivity (Wildman–Crippen MR) is 110 cm³/mol. The van der Waals surface area contributed by atoms with Gasteiger partial charge in [0.15, 0.2) is 0 Å². The first kappa shape index (κ1) is 16.7. The molecule has 3 nitrogen and oxygen atoms in total. The van der Waals surface area contributed by atoms with Gasteiger partial charge in [0.05, 0.1) is 22.5 Å². The quantitative estimate of drug-likeness (QED) is 0.718. The molecule has 0 unspecified atom stereocenters. The molecule has 3 heteroatoms. The molecule has 2 saturated carbocycles. The highest BCUT2D eigenvalue weighted by Gasteiger charge is 2.36. The van der Waals surface area contributed by atoms with E-state index in [1.165, 1.54) is 48.9 Å². The van der Waals surface area contributed by atoms with Gasteiger partial charge in [-0.25, -0.2) is 0 Å². The van der Waals surface area contributed by atoms with Crippen molar-refractivity contribution in [1.82, 2.24) is 9.47 Å². The zero-order valence-corrected chi connectivity index (χ0v) is 16.3. The maximum atomic E-state index is 10.1. The molecule has 27 heavy (non-hydrogen) atoms. The number of benzene rings is 1. The van der Waals surface area contributed by atoms with E-state index in [9.17, 15) is 5.26 Å². The van der Waals surface area contributed by atoms with Gasteiger partial charge in [-0.2, -0.15) is 5.26 Å². The summed E-state index contributed by atoms with van der Waals surface area (Å²) in [6.45, 7) is 5.45. The monoisotopic (exact) mass is 357 g/mol. The smallest absolute Gasteiger partial charge is 0.102 e. The van der Waals surface area contributed by atoms with E-state index in [1.54, 1.807) is 0 Å². The molecular formula is C24H27N3. The predicted octanol–water partition coefficient (Wildman–Crippen LogP) is 5.56. The van der Waals surface area contributed by atoms with E-state index in [4.69, 9.17) is 0 Å². The summed E-state index contributed by atoms with van der Waals surface area (Å²) in [6.07, 6.45) is 13.1. The maximum Gasteiger partial charge on any atom is 0.102 e. The lowest BCUT2D eigenvalue weighted by Crippen LogP contribution is -2.36. The summed E-state index contributed by atoms with van der Waals surface area (Å²) < 4.78 is 2.50. The first-order valence-corrected chi connectivity index (χ1v) is 10.4. The second-order valence-electron chi connectivity index (χ2n) is 8.52. The molecule has 3 aliphatic rings. The van der Waals surface area contributed by atoms with Gasteiger partial charge >= 0.3 is 0 Å². The van der Waals surface area contributed by atoms with Crippen molar-refractivity contribution in [3.63, 3.8) is 0 Å². The molecule has 0 spiro atoms. The van der Waals surface area contributed by atoms with E-state index in [2.05, 4.69) is 65.8 Å². The number of aromatic nitrogens is 1. The molecule has 0 N–H and O–H groups in total. The Bertz CT molecular complexity index is 993. The summed E-state index contributed by atoms with van der Waals surface area (Å²) in [7, 11) is 0. The summed E-state index contributed by atoms with van der Waals surface area (Å²) >= 11 is 0. The minimum absolute atomic E-state index is 0.524. The summed E-state index contributed by atoms with van der Waals surface area (Å²) in [4.78, 5) is 2.54. The Morgan fingerprint density at radius 2 is 2.00 bits per heavy atom. The molecule has 2 heterocycles. The minimum Gasteiger partial charge on any atom is -0.363 e. The summed E-state index contributed by atoms with van der Waals surface area (Å²) in [5, 5.41) is 11.2. The summed E-state index contributed by atoms with van der Waals surface area (Å²) in [5.41, 5.74) is 5.75. The van der Waals surface area contributed by atoms with E-state index in [0.717, 1.165) is 29.1 Å². The highest BCUT2D eigenvalue weighted by molar-refractivity contribution is 5.93. The number of nitrogens with zero attached hydrogens (tertiary/aromatic N) is 3. The Morgan fingerprint density at radius 1 is 1.19 bits per heavy atom. The molecule has 2 aliphatic carbocycles. The number of fused-ring (bicyclic) bond motifs is 1. The Hall–Kier alpha value is -2.47. The zero-order chi connectivity index (χ0) is 18.5. The molecule has 1 aromatic carbocycles. The van der Waals surface area contributed by atoms with Gasteiger partial charge in [-0.1, -0.05) is 24.3 Å². The van der Waals surface area contributed by atoms with Gasteiger partial charge in [0, 0.05) is 24.0 Å². The fourth-order valence-corrected chi connectivity index (χ4v) is 4.77. The fraction of sp³-hybridized carbons (Fsp3) is 0.458. The molecule has 1 aromatic heterocycles. The number of hydrogen-bond acceptors (Lipinski definition) is 2. The van der Waals surface area contributed by atoms with Crippen LogP contribution in [0.2, 0.25) is 0 Å². The third-order valence-electron chi connectivity index (χ3n) is 6.75. The molecule has 2 fully saturated rings. The lowest BCUT2D eigenvalue weighted by molar-refractivity contribution is 0.293. The molecule has 0 radical (unpaired) electrons. The van der Waals surface area contributed by atoms with Crippen LogP contribution in [0, 0.1) is 24.2 Å². The average Bonchev–Trinajstić information content (AvgIpc) is 3.44. The van der Waals surface area contributed by atoms with E-state index in [1.807, 2.05) is 0 Å². The van der Waals surface area contributed by atoms with Crippen LogP contribution in [0.5, 0.6) is 0 Å². The standard InChI is InChI=1S/C24H27N3/c1-16-9-12-20-21(15-25)24(27(23(20)14-16)19-6-5-7-19)22-8-3-4-13-26(22)17(2)18-10-11-18/h3-4,8-9,12,14,17-19H,5-7,10-11,13H2,1-2H3/t17-/m0/s1. The van der Waals surface area contributed by atoms with Crippen molar-refractivity contribution in [1.29, 1.82) is 5.26 Å². The third-order valence-corrected chi connectivity index (χ3v) is 6.75. The zero-order valence-electron chi connectivity index (χ0n) is 16.3. The van der Waals surface area contributed by atoms with Crippen LogP contribution in [0.15, 0.2) is 36.4 Å². The molecule has 0 amide bonds. The lowest BCUT2D eigenvalue weighted by atomic mass is 9.92. The van der Waals surface area contributed by atoms with Crippen LogP contribution < -0.4 is 0 Å². The normalized spacial score (nSPS) is 21.1. The van der Waals surface area contributed by atoms with Crippen molar-refractivity contribution in [2.24, 2.45) is 5.92 Å². The van der Waals surface area contributed by atoms with E-state index < -0.39 is 0 Å². The lowest BCUT2D eigenvalue weighted by Gasteiger charge is -2.37. The van der Waals surface area contributed by atoms with Crippen LogP contribution in [0.3, 0.4) is 0 Å². The van der Waals surface area contributed by atoms with Crippen LogP contribution in [0.1, 0.15) is 61.9 Å². The number of aryl methyl sites for hydroxylation is 1. The van der Waals surface area contributed by atoms with Crippen molar-refractivity contribution in [2.45, 2.75) is 58.0 Å². The molecule has 0 saturated heterocycles. The fourth-order valence-electron chi connectivity index (χ4n) is 4.77. The van der Waals surface area contributed by atoms with Crippen molar-refractivity contribution in [3.05, 3.63) is 53.2 Å². The number of allylic oxidation sites excluding steroid dienone is 2. The van der Waals surface area contributed by atoms with Gasteiger partial charge < -0.3 is 9.47 Å². The number of nitriles is 1. The van der Waals surface area contributed by atoms with Gasteiger partial charge in [-0.05, 0) is 69.6 Å². The van der Waals surface area contributed by atoms with Crippen molar-refractivity contribution >= 4 is 16.6 Å². The maximum absolute atomic E-state index is 10.1.